The second-order valence-electron chi connectivity index (χ2n) is 7.56. The molecule has 2 fully saturated rings. The Bertz CT molecular complexity index is 477. The Labute approximate surface area is 140 Å². The highest BCUT2D eigenvalue weighted by atomic mass is 16.3. The monoisotopic (exact) mass is 317 g/mol. The Morgan fingerprint density at radius 3 is 2.52 bits per heavy atom. The van der Waals surface area contributed by atoms with Gasteiger partial charge in [0.05, 0.1) is 5.60 Å². The number of nitrogens with one attached hydrogen (secondary N) is 2. The van der Waals surface area contributed by atoms with Gasteiger partial charge >= 0.3 is 0 Å². The van der Waals surface area contributed by atoms with Crippen molar-refractivity contribution in [2.75, 3.05) is 46.3 Å². The normalized spacial score (nSPS) is 28.6. The maximum absolute atomic E-state index is 10.7. The molecule has 0 saturated carbocycles. The Balaban J connectivity index is 1.65. The summed E-state index contributed by atoms with van der Waals surface area (Å²) in [7, 11) is 2.21. The van der Waals surface area contributed by atoms with Gasteiger partial charge in [-0.05, 0) is 57.9 Å². The van der Waals surface area contributed by atoms with Crippen molar-refractivity contribution in [3.63, 3.8) is 0 Å². The molecule has 2 saturated heterocycles. The predicted molar refractivity (Wildman–Crippen MR) is 94.8 cm³/mol. The van der Waals surface area contributed by atoms with E-state index in [0.29, 0.717) is 13.1 Å². The van der Waals surface area contributed by atoms with Crippen molar-refractivity contribution in [3.05, 3.63) is 35.9 Å². The van der Waals surface area contributed by atoms with E-state index in [1.165, 1.54) is 18.4 Å². The molecular formula is C19H31N3O. The summed E-state index contributed by atoms with van der Waals surface area (Å²) in [6, 6.07) is 10.9. The van der Waals surface area contributed by atoms with E-state index in [1.807, 2.05) is 0 Å². The van der Waals surface area contributed by atoms with Crippen LogP contribution in [-0.2, 0) is 5.41 Å². The summed E-state index contributed by atoms with van der Waals surface area (Å²) >= 11 is 0. The van der Waals surface area contributed by atoms with E-state index in [9.17, 15) is 5.11 Å². The lowest BCUT2D eigenvalue weighted by Gasteiger charge is -2.42. The van der Waals surface area contributed by atoms with Gasteiger partial charge in [-0.2, -0.15) is 0 Å². The van der Waals surface area contributed by atoms with Crippen molar-refractivity contribution in [2.45, 2.75) is 36.7 Å². The number of hydrogen-bond donors (Lipinski definition) is 3. The molecule has 1 aromatic rings. The fraction of sp³-hybridized carbons (Fsp3) is 0.684. The second-order valence-corrected chi connectivity index (χ2v) is 7.56. The summed E-state index contributed by atoms with van der Waals surface area (Å²) in [5.74, 6) is 0. The number of nitrogens with zero attached hydrogens (tertiary/aromatic N) is 1. The van der Waals surface area contributed by atoms with Gasteiger partial charge in [-0.3, -0.25) is 0 Å². The molecule has 2 aliphatic rings. The highest BCUT2D eigenvalue weighted by Gasteiger charge is 2.36. The van der Waals surface area contributed by atoms with Crippen LogP contribution >= 0.6 is 0 Å². The molecule has 1 aromatic carbocycles. The quantitative estimate of drug-likeness (QED) is 0.767. The molecule has 2 heterocycles. The summed E-state index contributed by atoms with van der Waals surface area (Å²) < 4.78 is 0. The van der Waals surface area contributed by atoms with Crippen LogP contribution in [0.1, 0.15) is 31.2 Å². The fourth-order valence-electron chi connectivity index (χ4n) is 4.04. The Morgan fingerprint density at radius 1 is 1.13 bits per heavy atom. The van der Waals surface area contributed by atoms with Crippen molar-refractivity contribution in [2.24, 2.45) is 0 Å². The minimum Gasteiger partial charge on any atom is -0.387 e. The number of aliphatic hydroxyl groups is 1. The Morgan fingerprint density at radius 2 is 1.87 bits per heavy atom. The van der Waals surface area contributed by atoms with Crippen LogP contribution in [0.15, 0.2) is 30.3 Å². The first-order chi connectivity index (χ1) is 11.1. The first-order valence-corrected chi connectivity index (χ1v) is 9.00. The summed E-state index contributed by atoms with van der Waals surface area (Å²) in [5.41, 5.74) is 1.06. The van der Waals surface area contributed by atoms with E-state index in [-0.39, 0.29) is 5.41 Å². The third-order valence-electron chi connectivity index (χ3n) is 5.70. The minimum atomic E-state index is -0.582. The van der Waals surface area contributed by atoms with Crippen molar-refractivity contribution in [3.8, 4) is 0 Å². The van der Waals surface area contributed by atoms with Crippen LogP contribution in [-0.4, -0.2) is 61.9 Å². The lowest BCUT2D eigenvalue weighted by Crippen LogP contribution is -2.54. The van der Waals surface area contributed by atoms with Gasteiger partial charge in [-0.1, -0.05) is 30.3 Å². The van der Waals surface area contributed by atoms with Gasteiger partial charge in [-0.25, -0.2) is 0 Å². The molecule has 3 rings (SSSR count). The van der Waals surface area contributed by atoms with E-state index in [4.69, 9.17) is 0 Å². The largest absolute Gasteiger partial charge is 0.387 e. The summed E-state index contributed by atoms with van der Waals surface area (Å²) in [4.78, 5) is 2.42. The van der Waals surface area contributed by atoms with Crippen molar-refractivity contribution >= 4 is 0 Å². The molecule has 4 heteroatoms. The van der Waals surface area contributed by atoms with Gasteiger partial charge < -0.3 is 20.6 Å². The number of β-amino-alcohol motifs (C(OH)–C–C–N with tert-alkyl or cyclic N) is 1. The number of benzene rings is 1. The smallest absolute Gasteiger partial charge is 0.0895 e. The summed E-state index contributed by atoms with van der Waals surface area (Å²) in [6.07, 6.45) is 4.31. The first-order valence-electron chi connectivity index (χ1n) is 9.00. The molecule has 0 radical (unpaired) electrons. The highest BCUT2D eigenvalue weighted by molar-refractivity contribution is 5.27. The molecule has 23 heavy (non-hydrogen) atoms. The third-order valence-corrected chi connectivity index (χ3v) is 5.70. The molecule has 0 spiro atoms. The number of likely N-dealkylation sites (tertiary alicyclic amines) is 1. The van der Waals surface area contributed by atoms with E-state index < -0.39 is 5.60 Å². The Kier molecular flexibility index (Phi) is 5.37. The zero-order valence-corrected chi connectivity index (χ0v) is 14.4. The number of rotatable bonds is 5. The van der Waals surface area contributed by atoms with Gasteiger partial charge in [0.2, 0.25) is 0 Å². The van der Waals surface area contributed by atoms with Crippen LogP contribution in [0.25, 0.3) is 0 Å². The lowest BCUT2D eigenvalue weighted by molar-refractivity contribution is 0.0151. The van der Waals surface area contributed by atoms with Crippen LogP contribution in [0.2, 0.25) is 0 Å². The van der Waals surface area contributed by atoms with Crippen LogP contribution in [0.5, 0.6) is 0 Å². The van der Waals surface area contributed by atoms with Gasteiger partial charge in [0.25, 0.3) is 0 Å². The maximum atomic E-state index is 10.7. The minimum absolute atomic E-state index is 0.201. The molecule has 0 amide bonds. The molecule has 3 N–H and O–H groups in total. The maximum Gasteiger partial charge on any atom is 0.0895 e. The highest BCUT2D eigenvalue weighted by Crippen LogP contribution is 2.34. The molecule has 128 valence electrons. The molecule has 0 bridgehead atoms. The first kappa shape index (κ1) is 16.9. The zero-order chi connectivity index (χ0) is 16.2. The van der Waals surface area contributed by atoms with Gasteiger partial charge in [0.1, 0.15) is 0 Å². The van der Waals surface area contributed by atoms with E-state index >= 15 is 0 Å². The lowest BCUT2D eigenvalue weighted by atomic mass is 9.72. The van der Waals surface area contributed by atoms with Gasteiger partial charge in [-0.15, -0.1) is 0 Å². The number of hydrogen-bond acceptors (Lipinski definition) is 4. The van der Waals surface area contributed by atoms with Crippen molar-refractivity contribution in [1.29, 1.82) is 0 Å². The van der Waals surface area contributed by atoms with Crippen LogP contribution < -0.4 is 10.6 Å². The van der Waals surface area contributed by atoms with Crippen LogP contribution in [0, 0.1) is 0 Å². The van der Waals surface area contributed by atoms with Crippen molar-refractivity contribution in [1.82, 2.24) is 15.5 Å². The standard InChI is InChI=1S/C19H31N3O/c1-22-12-9-18(10-13-22,17-6-3-2-4-7-17)14-21-16-19(23)8-5-11-20-15-19/h2-4,6-7,20-21,23H,5,8-16H2,1H3/t19-/m1/s1. The topological polar surface area (TPSA) is 47.5 Å². The molecule has 0 aromatic heterocycles. The average molecular weight is 317 g/mol. The number of piperidine rings is 2. The molecule has 4 nitrogen and oxygen atoms in total. The molecular weight excluding hydrogens is 286 g/mol. The molecule has 0 unspecified atom stereocenters. The Hall–Kier alpha value is -0.940. The van der Waals surface area contributed by atoms with E-state index in [0.717, 1.165) is 39.0 Å². The van der Waals surface area contributed by atoms with Gasteiger partial charge in [0, 0.05) is 25.0 Å². The zero-order valence-electron chi connectivity index (χ0n) is 14.4. The molecule has 2 aliphatic heterocycles. The third kappa shape index (κ3) is 4.13. The molecule has 0 aliphatic carbocycles. The fourth-order valence-corrected chi connectivity index (χ4v) is 4.04. The van der Waals surface area contributed by atoms with Crippen LogP contribution in [0.3, 0.4) is 0 Å². The van der Waals surface area contributed by atoms with E-state index in [1.54, 1.807) is 0 Å². The summed E-state index contributed by atoms with van der Waals surface area (Å²) in [5, 5.41) is 17.6. The second kappa shape index (κ2) is 7.31. The molecule has 1 atom stereocenters. The average Bonchev–Trinajstić information content (AvgIpc) is 2.58. The SMILES string of the molecule is CN1CCC(CNC[C@@]2(O)CCCNC2)(c2ccccc2)CC1. The van der Waals surface area contributed by atoms with Gasteiger partial charge in [0.15, 0.2) is 0 Å². The van der Waals surface area contributed by atoms with Crippen LogP contribution in [0.4, 0.5) is 0 Å². The predicted octanol–water partition coefficient (Wildman–Crippen LogP) is 1.35. The van der Waals surface area contributed by atoms with Crippen molar-refractivity contribution < 1.29 is 5.11 Å². The van der Waals surface area contributed by atoms with E-state index in [2.05, 4.69) is 52.9 Å². The summed E-state index contributed by atoms with van der Waals surface area (Å²) in [6.45, 7) is 5.66.